The van der Waals surface area contributed by atoms with Crippen LogP contribution >= 0.6 is 11.8 Å². The van der Waals surface area contributed by atoms with Crippen molar-refractivity contribution in [1.82, 2.24) is 29.4 Å². The molecule has 190 valence electrons. The molecule has 37 heavy (non-hydrogen) atoms. The van der Waals surface area contributed by atoms with Gasteiger partial charge in [0.1, 0.15) is 11.5 Å². The van der Waals surface area contributed by atoms with Crippen molar-refractivity contribution in [1.29, 1.82) is 0 Å². The second kappa shape index (κ2) is 10.2. The summed E-state index contributed by atoms with van der Waals surface area (Å²) in [4.78, 5) is 2.60. The van der Waals surface area contributed by atoms with Gasteiger partial charge in [-0.1, -0.05) is 47.3 Å². The molecule has 0 saturated carbocycles. The fourth-order valence-electron chi connectivity index (χ4n) is 5.30. The second-order valence-electron chi connectivity index (χ2n) is 9.89. The summed E-state index contributed by atoms with van der Waals surface area (Å²) in [6.07, 6.45) is 5.44. The Hall–Kier alpha value is -3.36. The molecule has 1 aliphatic rings. The molecule has 0 bridgehead atoms. The van der Waals surface area contributed by atoms with Gasteiger partial charge in [0, 0.05) is 67.2 Å². The SMILES string of the molecule is Cc1cc(-c2ccc3c(c2)CCN(CCCSc2nnc(-c4cn(C)c5ccccc45)n2C)CC3)no1. The first-order valence-corrected chi connectivity index (χ1v) is 13.9. The van der Waals surface area contributed by atoms with Crippen LogP contribution in [0.5, 0.6) is 0 Å². The Kier molecular flexibility index (Phi) is 6.61. The van der Waals surface area contributed by atoms with Crippen molar-refractivity contribution in [3.8, 4) is 22.6 Å². The van der Waals surface area contributed by atoms with Crippen molar-refractivity contribution >= 4 is 22.7 Å². The van der Waals surface area contributed by atoms with Gasteiger partial charge in [-0.25, -0.2) is 0 Å². The number of thioether (sulfide) groups is 1. The molecule has 2 aromatic carbocycles. The zero-order valence-electron chi connectivity index (χ0n) is 21.6. The highest BCUT2D eigenvalue weighted by atomic mass is 32.2. The highest BCUT2D eigenvalue weighted by Gasteiger charge is 2.18. The smallest absolute Gasteiger partial charge is 0.191 e. The van der Waals surface area contributed by atoms with Crippen LogP contribution in [0, 0.1) is 6.92 Å². The van der Waals surface area contributed by atoms with Crippen LogP contribution in [-0.4, -0.2) is 54.8 Å². The number of para-hydroxylation sites is 1. The van der Waals surface area contributed by atoms with E-state index in [9.17, 15) is 0 Å². The lowest BCUT2D eigenvalue weighted by molar-refractivity contribution is 0.289. The number of hydrogen-bond acceptors (Lipinski definition) is 6. The van der Waals surface area contributed by atoms with E-state index in [2.05, 4.69) is 92.1 Å². The van der Waals surface area contributed by atoms with Gasteiger partial charge in [-0.15, -0.1) is 10.2 Å². The van der Waals surface area contributed by atoms with Gasteiger partial charge in [-0.2, -0.15) is 0 Å². The van der Waals surface area contributed by atoms with Gasteiger partial charge < -0.3 is 18.6 Å². The quantitative estimate of drug-likeness (QED) is 0.211. The minimum absolute atomic E-state index is 0.847. The monoisotopic (exact) mass is 512 g/mol. The summed E-state index contributed by atoms with van der Waals surface area (Å²) in [6.45, 7) is 5.23. The van der Waals surface area contributed by atoms with E-state index in [1.807, 2.05) is 13.0 Å². The normalized spacial score (nSPS) is 14.2. The maximum atomic E-state index is 5.27. The van der Waals surface area contributed by atoms with Crippen molar-refractivity contribution in [2.75, 3.05) is 25.4 Å². The lowest BCUT2D eigenvalue weighted by Gasteiger charge is -2.19. The second-order valence-corrected chi connectivity index (χ2v) is 10.9. The fourth-order valence-corrected chi connectivity index (χ4v) is 6.14. The molecule has 0 unspecified atom stereocenters. The molecule has 4 heterocycles. The van der Waals surface area contributed by atoms with E-state index in [1.165, 1.54) is 22.0 Å². The Morgan fingerprint density at radius 2 is 1.81 bits per heavy atom. The first-order valence-electron chi connectivity index (χ1n) is 12.9. The summed E-state index contributed by atoms with van der Waals surface area (Å²) in [7, 11) is 4.15. The zero-order chi connectivity index (χ0) is 25.4. The molecular weight excluding hydrogens is 480 g/mol. The number of nitrogens with zero attached hydrogens (tertiary/aromatic N) is 6. The van der Waals surface area contributed by atoms with Gasteiger partial charge in [0.2, 0.25) is 0 Å². The van der Waals surface area contributed by atoms with Crippen molar-refractivity contribution in [3.63, 3.8) is 0 Å². The maximum Gasteiger partial charge on any atom is 0.191 e. The highest BCUT2D eigenvalue weighted by molar-refractivity contribution is 7.99. The van der Waals surface area contributed by atoms with Crippen LogP contribution in [-0.2, 0) is 26.9 Å². The van der Waals surface area contributed by atoms with E-state index in [0.29, 0.717) is 0 Å². The van der Waals surface area contributed by atoms with Crippen molar-refractivity contribution in [2.45, 2.75) is 31.3 Å². The standard InChI is InChI=1S/C29H32N6OS/c1-20-17-26(32-36-20)23-10-9-21-11-14-35(15-12-22(21)18-23)13-6-16-37-29-31-30-28(34(29)3)25-19-33(2)27-8-5-4-7-24(25)27/h4-5,7-10,17-19H,6,11-16H2,1-3H3. The van der Waals surface area contributed by atoms with Crippen LogP contribution in [0.3, 0.4) is 0 Å². The molecule has 6 rings (SSSR count). The zero-order valence-corrected chi connectivity index (χ0v) is 22.5. The minimum Gasteiger partial charge on any atom is -0.361 e. The molecule has 1 aliphatic heterocycles. The van der Waals surface area contributed by atoms with Crippen LogP contribution in [0.4, 0.5) is 0 Å². The largest absolute Gasteiger partial charge is 0.361 e. The average Bonchev–Trinajstić information content (AvgIpc) is 3.55. The Labute approximate surface area is 221 Å². The third-order valence-corrected chi connectivity index (χ3v) is 8.45. The van der Waals surface area contributed by atoms with E-state index >= 15 is 0 Å². The summed E-state index contributed by atoms with van der Waals surface area (Å²) in [5.74, 6) is 2.80. The van der Waals surface area contributed by atoms with E-state index in [0.717, 1.165) is 78.2 Å². The van der Waals surface area contributed by atoms with E-state index < -0.39 is 0 Å². The Morgan fingerprint density at radius 1 is 0.973 bits per heavy atom. The van der Waals surface area contributed by atoms with Gasteiger partial charge in [0.15, 0.2) is 11.0 Å². The van der Waals surface area contributed by atoms with E-state index in [-0.39, 0.29) is 0 Å². The highest BCUT2D eigenvalue weighted by Crippen LogP contribution is 2.31. The summed E-state index contributed by atoms with van der Waals surface area (Å²) in [6, 6.07) is 17.2. The topological polar surface area (TPSA) is 64.9 Å². The van der Waals surface area contributed by atoms with Gasteiger partial charge in [-0.3, -0.25) is 0 Å². The summed E-state index contributed by atoms with van der Waals surface area (Å²) < 4.78 is 9.55. The Bertz CT molecular complexity index is 1550. The van der Waals surface area contributed by atoms with Crippen LogP contribution < -0.4 is 0 Å². The Morgan fingerprint density at radius 3 is 2.65 bits per heavy atom. The number of aromatic nitrogens is 5. The maximum absolute atomic E-state index is 5.27. The molecular formula is C29H32N6OS. The first-order chi connectivity index (χ1) is 18.1. The lowest BCUT2D eigenvalue weighted by Crippen LogP contribution is -2.27. The molecule has 0 radical (unpaired) electrons. The molecule has 0 spiro atoms. The fraction of sp³-hybridized carbons (Fsp3) is 0.345. The Balaban J connectivity index is 1.04. The van der Waals surface area contributed by atoms with Gasteiger partial charge in [0.05, 0.1) is 0 Å². The van der Waals surface area contributed by atoms with Crippen molar-refractivity contribution in [2.24, 2.45) is 14.1 Å². The van der Waals surface area contributed by atoms with Crippen LogP contribution in [0.25, 0.3) is 33.5 Å². The molecule has 5 aromatic rings. The van der Waals surface area contributed by atoms with Crippen molar-refractivity contribution < 1.29 is 4.52 Å². The molecule has 0 saturated heterocycles. The van der Waals surface area contributed by atoms with Crippen LogP contribution in [0.1, 0.15) is 23.3 Å². The number of benzene rings is 2. The number of aryl methyl sites for hydroxylation is 2. The van der Waals surface area contributed by atoms with Gasteiger partial charge in [-0.05, 0) is 56.0 Å². The van der Waals surface area contributed by atoms with Gasteiger partial charge >= 0.3 is 0 Å². The first kappa shape index (κ1) is 24.0. The van der Waals surface area contributed by atoms with Gasteiger partial charge in [0.25, 0.3) is 0 Å². The summed E-state index contributed by atoms with van der Waals surface area (Å²) in [5, 5.41) is 15.4. The molecule has 0 fully saturated rings. The number of fused-ring (bicyclic) bond motifs is 2. The molecule has 0 N–H and O–H groups in total. The van der Waals surface area contributed by atoms with Crippen LogP contribution in [0.15, 0.2) is 64.4 Å². The van der Waals surface area contributed by atoms with E-state index in [1.54, 1.807) is 11.8 Å². The van der Waals surface area contributed by atoms with E-state index in [4.69, 9.17) is 4.52 Å². The molecule has 7 nitrogen and oxygen atoms in total. The average molecular weight is 513 g/mol. The lowest BCUT2D eigenvalue weighted by atomic mass is 9.99. The number of rotatable bonds is 7. The summed E-state index contributed by atoms with van der Waals surface area (Å²) in [5.41, 5.74) is 7.30. The number of hydrogen-bond donors (Lipinski definition) is 0. The summed E-state index contributed by atoms with van der Waals surface area (Å²) >= 11 is 1.80. The minimum atomic E-state index is 0.847. The molecule has 8 heteroatoms. The van der Waals surface area contributed by atoms with Crippen LogP contribution in [0.2, 0.25) is 0 Å². The third kappa shape index (κ3) is 4.83. The van der Waals surface area contributed by atoms with Crippen molar-refractivity contribution in [3.05, 3.63) is 71.6 Å². The molecule has 0 aliphatic carbocycles. The third-order valence-electron chi connectivity index (χ3n) is 7.35. The predicted molar refractivity (Wildman–Crippen MR) is 149 cm³/mol. The molecule has 3 aromatic heterocycles. The predicted octanol–water partition coefficient (Wildman–Crippen LogP) is 5.52. The molecule has 0 amide bonds. The molecule has 0 atom stereocenters.